The molecule has 0 spiro atoms. The maximum atomic E-state index is 13.5. The molecular formula is C25H29F6N5O2. The molecule has 5 rings (SSSR count). The molecule has 13 heteroatoms. The highest BCUT2D eigenvalue weighted by Gasteiger charge is 2.66. The minimum Gasteiger partial charge on any atom is -0.480 e. The highest BCUT2D eigenvalue weighted by molar-refractivity contribution is 5.75. The number of carboxylic acids is 1. The Morgan fingerprint density at radius 3 is 2.24 bits per heavy atom. The number of alkyl halides is 6. The molecule has 2 N–H and O–H groups in total. The molecule has 4 unspecified atom stereocenters. The Bertz CT molecular complexity index is 1150. The predicted octanol–water partition coefficient (Wildman–Crippen LogP) is 3.99. The van der Waals surface area contributed by atoms with Crippen LogP contribution in [0.15, 0.2) is 30.5 Å². The van der Waals surface area contributed by atoms with E-state index in [0.29, 0.717) is 12.2 Å². The van der Waals surface area contributed by atoms with Crippen LogP contribution in [0.1, 0.15) is 18.9 Å². The number of aliphatic carboxylic acids is 1. The van der Waals surface area contributed by atoms with Crippen molar-refractivity contribution in [2.45, 2.75) is 50.9 Å². The number of rotatable bonds is 7. The minimum absolute atomic E-state index is 0.0677. The first-order valence-electron chi connectivity index (χ1n) is 12.6. The third-order valence-corrected chi connectivity index (χ3v) is 8.00. The van der Waals surface area contributed by atoms with Crippen LogP contribution in [-0.4, -0.2) is 76.4 Å². The maximum absolute atomic E-state index is 13.5. The number of nitrogens with zero attached hydrogens (tertiary/aromatic N) is 4. The fourth-order valence-electron chi connectivity index (χ4n) is 6.08. The first-order chi connectivity index (χ1) is 17.9. The number of aryl methyl sites for hydroxylation is 1. The molecule has 3 aliphatic rings. The molecule has 38 heavy (non-hydrogen) atoms. The quantitative estimate of drug-likeness (QED) is 0.513. The van der Waals surface area contributed by atoms with Gasteiger partial charge in [0.2, 0.25) is 0 Å². The summed E-state index contributed by atoms with van der Waals surface area (Å²) in [6.07, 6.45) is -8.14. The van der Waals surface area contributed by atoms with Crippen LogP contribution in [0.2, 0.25) is 0 Å². The van der Waals surface area contributed by atoms with Crippen molar-refractivity contribution in [1.29, 1.82) is 0 Å². The molecular weight excluding hydrogens is 516 g/mol. The molecule has 3 fully saturated rings. The molecule has 3 saturated heterocycles. The molecule has 1 aromatic heterocycles. The van der Waals surface area contributed by atoms with Gasteiger partial charge in [-0.1, -0.05) is 12.1 Å². The summed E-state index contributed by atoms with van der Waals surface area (Å²) in [5.41, 5.74) is 3.43. The molecule has 208 valence electrons. The van der Waals surface area contributed by atoms with Crippen LogP contribution in [0.25, 0.3) is 11.3 Å². The average Bonchev–Trinajstić information content (AvgIpc) is 3.46. The lowest BCUT2D eigenvalue weighted by Gasteiger charge is -2.33. The molecule has 0 saturated carbocycles. The minimum atomic E-state index is -5.56. The molecule has 4 atom stereocenters. The van der Waals surface area contributed by atoms with E-state index in [1.54, 1.807) is 9.58 Å². The molecule has 0 bridgehead atoms. The summed E-state index contributed by atoms with van der Waals surface area (Å²) in [4.78, 5) is 15.8. The lowest BCUT2D eigenvalue weighted by atomic mass is 9.84. The predicted molar refractivity (Wildman–Crippen MR) is 126 cm³/mol. The van der Waals surface area contributed by atoms with Gasteiger partial charge in [-0.15, -0.1) is 0 Å². The van der Waals surface area contributed by atoms with E-state index in [2.05, 4.69) is 15.3 Å². The van der Waals surface area contributed by atoms with E-state index in [1.807, 2.05) is 37.4 Å². The van der Waals surface area contributed by atoms with E-state index in [0.717, 1.165) is 36.3 Å². The second kappa shape index (κ2) is 9.74. The number of anilines is 1. The van der Waals surface area contributed by atoms with Gasteiger partial charge in [0.1, 0.15) is 6.04 Å². The zero-order valence-electron chi connectivity index (χ0n) is 20.6. The molecule has 3 aliphatic heterocycles. The summed E-state index contributed by atoms with van der Waals surface area (Å²) < 4.78 is 83.0. The van der Waals surface area contributed by atoms with Gasteiger partial charge < -0.3 is 15.3 Å². The van der Waals surface area contributed by atoms with Crippen LogP contribution in [-0.2, 0) is 17.9 Å². The van der Waals surface area contributed by atoms with Crippen LogP contribution in [0.5, 0.6) is 0 Å². The Labute approximate surface area is 215 Å². The number of fused-ring (bicyclic) bond motifs is 1. The van der Waals surface area contributed by atoms with Crippen molar-refractivity contribution in [1.82, 2.24) is 20.0 Å². The van der Waals surface area contributed by atoms with Crippen LogP contribution in [0, 0.1) is 17.8 Å². The molecule has 4 heterocycles. The fraction of sp³-hybridized carbons (Fsp3) is 0.600. The Morgan fingerprint density at radius 2 is 1.71 bits per heavy atom. The zero-order chi connectivity index (χ0) is 27.4. The second-order valence-electron chi connectivity index (χ2n) is 10.3. The number of carbonyl (C=O) groups is 1. The first kappa shape index (κ1) is 26.8. The number of aromatic nitrogens is 2. The van der Waals surface area contributed by atoms with Crippen molar-refractivity contribution in [2.75, 3.05) is 31.1 Å². The lowest BCUT2D eigenvalue weighted by molar-refractivity contribution is -0.293. The normalized spacial score (nSPS) is 26.2. The largest absolute Gasteiger partial charge is 0.480 e. The molecule has 0 amide bonds. The van der Waals surface area contributed by atoms with Crippen molar-refractivity contribution in [2.24, 2.45) is 17.8 Å². The molecule has 2 aromatic rings. The molecule has 0 radical (unpaired) electrons. The van der Waals surface area contributed by atoms with Crippen molar-refractivity contribution in [3.8, 4) is 11.3 Å². The summed E-state index contributed by atoms with van der Waals surface area (Å²) in [6.45, 7) is 4.72. The number of likely N-dealkylation sites (tertiary alicyclic amines) is 1. The number of hydrogen-bond donors (Lipinski definition) is 2. The number of benzene rings is 1. The van der Waals surface area contributed by atoms with Gasteiger partial charge in [-0.2, -0.15) is 31.4 Å². The summed E-state index contributed by atoms with van der Waals surface area (Å²) in [7, 11) is 0. The number of carboxylic acid groups (broad SMARTS) is 1. The van der Waals surface area contributed by atoms with Crippen molar-refractivity contribution in [3.63, 3.8) is 0 Å². The van der Waals surface area contributed by atoms with Gasteiger partial charge in [-0.3, -0.25) is 14.4 Å². The SMILES string of the molecule is CCn1cc(CN2CC3C(C(=O)O)NC(C(C(F)(F)F)C(F)(F)F)C3C2)c(-c2ccc(N3CCC3)cc2)n1. The van der Waals surface area contributed by atoms with Gasteiger partial charge in [0, 0.05) is 74.2 Å². The van der Waals surface area contributed by atoms with E-state index in [-0.39, 0.29) is 19.6 Å². The van der Waals surface area contributed by atoms with Gasteiger partial charge in [0.15, 0.2) is 5.92 Å². The van der Waals surface area contributed by atoms with Gasteiger partial charge in [-0.25, -0.2) is 0 Å². The summed E-state index contributed by atoms with van der Waals surface area (Å²) in [6, 6.07) is 4.36. The number of hydrogen-bond acceptors (Lipinski definition) is 5. The third kappa shape index (κ3) is 4.97. The van der Waals surface area contributed by atoms with Crippen LogP contribution >= 0.6 is 0 Å². The van der Waals surface area contributed by atoms with Crippen LogP contribution < -0.4 is 10.2 Å². The standard InChI is InChI=1S/C25H29F6N5O2/c1-2-36-11-15(19(33-36)14-4-6-16(7-5-14)35-8-3-9-35)10-34-12-17-18(13-34)21(23(37)38)32-20(17)22(24(26,27)28)25(29,30)31/h4-7,11,17-18,20-22,32H,2-3,8-10,12-13H2,1H3,(H,37,38). The zero-order valence-corrected chi connectivity index (χ0v) is 20.6. The maximum Gasteiger partial charge on any atom is 0.402 e. The van der Waals surface area contributed by atoms with E-state index in [1.165, 1.54) is 0 Å². The van der Waals surface area contributed by atoms with E-state index >= 15 is 0 Å². The Kier molecular flexibility index (Phi) is 6.87. The smallest absolute Gasteiger partial charge is 0.402 e. The van der Waals surface area contributed by atoms with Crippen molar-refractivity contribution in [3.05, 3.63) is 36.0 Å². The highest BCUT2D eigenvalue weighted by atomic mass is 19.4. The average molecular weight is 546 g/mol. The summed E-state index contributed by atoms with van der Waals surface area (Å²) in [5.74, 6) is -7.10. The molecule has 7 nitrogen and oxygen atoms in total. The van der Waals surface area contributed by atoms with Crippen LogP contribution in [0.3, 0.4) is 0 Å². The van der Waals surface area contributed by atoms with E-state index < -0.39 is 48.2 Å². The highest BCUT2D eigenvalue weighted by Crippen LogP contribution is 2.48. The summed E-state index contributed by atoms with van der Waals surface area (Å²) in [5, 5.41) is 16.4. The summed E-state index contributed by atoms with van der Waals surface area (Å²) >= 11 is 0. The number of halogens is 6. The van der Waals surface area contributed by atoms with Gasteiger partial charge in [0.05, 0.1) is 5.69 Å². The Morgan fingerprint density at radius 1 is 1.08 bits per heavy atom. The lowest BCUT2D eigenvalue weighted by Crippen LogP contribution is -2.53. The van der Waals surface area contributed by atoms with Crippen molar-refractivity contribution >= 4 is 11.7 Å². The monoisotopic (exact) mass is 545 g/mol. The molecule has 0 aliphatic carbocycles. The number of nitrogens with one attached hydrogen (secondary N) is 1. The Hall–Kier alpha value is -2.80. The van der Waals surface area contributed by atoms with E-state index in [4.69, 9.17) is 0 Å². The topological polar surface area (TPSA) is 73.6 Å². The first-order valence-corrected chi connectivity index (χ1v) is 12.6. The van der Waals surface area contributed by atoms with E-state index in [9.17, 15) is 36.2 Å². The Balaban J connectivity index is 1.39. The van der Waals surface area contributed by atoms with Crippen molar-refractivity contribution < 1.29 is 36.2 Å². The molecule has 1 aromatic carbocycles. The third-order valence-electron chi connectivity index (χ3n) is 8.00. The fourth-order valence-corrected chi connectivity index (χ4v) is 6.08. The van der Waals surface area contributed by atoms with Gasteiger partial charge in [-0.05, 0) is 31.4 Å². The van der Waals surface area contributed by atoms with Gasteiger partial charge in [0.25, 0.3) is 0 Å². The van der Waals surface area contributed by atoms with Gasteiger partial charge >= 0.3 is 18.3 Å². The van der Waals surface area contributed by atoms with Crippen LogP contribution in [0.4, 0.5) is 32.0 Å². The second-order valence-corrected chi connectivity index (χ2v) is 10.3.